The summed E-state index contributed by atoms with van der Waals surface area (Å²) < 4.78 is 5.09. The first-order chi connectivity index (χ1) is 15.5. The van der Waals surface area contributed by atoms with Gasteiger partial charge in [0.2, 0.25) is 5.91 Å². The zero-order chi connectivity index (χ0) is 24.6. The van der Waals surface area contributed by atoms with E-state index in [2.05, 4.69) is 31.4 Å². The second-order valence-electron chi connectivity index (χ2n) is 8.97. The molecule has 2 amide bonds. The van der Waals surface area contributed by atoms with Crippen LogP contribution < -0.4 is 10.6 Å². The topological polar surface area (TPSA) is 125 Å². The maximum absolute atomic E-state index is 12.7. The van der Waals surface area contributed by atoms with Gasteiger partial charge in [-0.1, -0.05) is 75.4 Å². The molecule has 0 spiro atoms. The van der Waals surface area contributed by atoms with Crippen molar-refractivity contribution >= 4 is 18.0 Å². The van der Waals surface area contributed by atoms with Crippen molar-refractivity contribution in [1.29, 1.82) is 0 Å². The number of alkyl carbamates (subject to hydrolysis) is 1. The number of nitrogens with one attached hydrogen (secondary N) is 2. The van der Waals surface area contributed by atoms with Gasteiger partial charge in [-0.05, 0) is 29.0 Å². The van der Waals surface area contributed by atoms with Gasteiger partial charge in [-0.25, -0.2) is 9.59 Å². The number of aliphatic hydroxyl groups excluding tert-OH is 1. The molecule has 33 heavy (non-hydrogen) atoms. The predicted molar refractivity (Wildman–Crippen MR) is 124 cm³/mol. The smallest absolute Gasteiger partial charge is 0.408 e. The van der Waals surface area contributed by atoms with Crippen molar-refractivity contribution in [2.45, 2.75) is 64.3 Å². The fourth-order valence-corrected chi connectivity index (χ4v) is 3.14. The number of carbonyl (C=O) groups is 3. The van der Waals surface area contributed by atoms with Gasteiger partial charge >= 0.3 is 12.1 Å². The summed E-state index contributed by atoms with van der Waals surface area (Å²) in [6.45, 7) is 7.55. The zero-order valence-corrected chi connectivity index (χ0v) is 19.4. The summed E-state index contributed by atoms with van der Waals surface area (Å²) in [5, 5.41) is 24.3. The molecule has 0 saturated carbocycles. The lowest BCUT2D eigenvalue weighted by molar-refractivity contribution is -0.142. The zero-order valence-electron chi connectivity index (χ0n) is 19.4. The van der Waals surface area contributed by atoms with E-state index in [1.807, 2.05) is 30.3 Å². The van der Waals surface area contributed by atoms with E-state index < -0.39 is 36.2 Å². The second kappa shape index (κ2) is 11.5. The van der Waals surface area contributed by atoms with Crippen LogP contribution in [0, 0.1) is 0 Å². The third-order valence-electron chi connectivity index (χ3n) is 5.13. The van der Waals surface area contributed by atoms with Crippen molar-refractivity contribution < 1.29 is 29.3 Å². The summed E-state index contributed by atoms with van der Waals surface area (Å²) in [7, 11) is 0. The van der Waals surface area contributed by atoms with Gasteiger partial charge in [0.1, 0.15) is 18.7 Å². The van der Waals surface area contributed by atoms with Gasteiger partial charge in [0.15, 0.2) is 0 Å². The van der Waals surface area contributed by atoms with Crippen LogP contribution in [0.25, 0.3) is 0 Å². The molecular weight excluding hydrogens is 424 g/mol. The Morgan fingerprint density at radius 1 is 0.939 bits per heavy atom. The molecule has 178 valence electrons. The molecular formula is C25H32N2O6. The monoisotopic (exact) mass is 456 g/mol. The number of hydrogen-bond acceptors (Lipinski definition) is 5. The number of amides is 2. The number of hydrogen-bond donors (Lipinski definition) is 4. The molecule has 2 aromatic rings. The number of ether oxygens (including phenoxy) is 1. The van der Waals surface area contributed by atoms with Crippen LogP contribution in [0.1, 0.15) is 44.4 Å². The predicted octanol–water partition coefficient (Wildman–Crippen LogP) is 2.77. The highest BCUT2D eigenvalue weighted by Crippen LogP contribution is 2.22. The highest BCUT2D eigenvalue weighted by atomic mass is 16.5. The number of rotatable bonds is 9. The van der Waals surface area contributed by atoms with E-state index in [9.17, 15) is 24.6 Å². The summed E-state index contributed by atoms with van der Waals surface area (Å²) in [6, 6.07) is 13.9. The molecule has 0 aromatic heterocycles. The maximum atomic E-state index is 12.7. The van der Waals surface area contributed by atoms with Crippen LogP contribution in [0.3, 0.4) is 0 Å². The molecule has 3 atom stereocenters. The highest BCUT2D eigenvalue weighted by Gasteiger charge is 2.30. The van der Waals surface area contributed by atoms with Crippen molar-refractivity contribution in [1.82, 2.24) is 10.6 Å². The van der Waals surface area contributed by atoms with E-state index in [0.29, 0.717) is 0 Å². The number of benzene rings is 2. The second-order valence-corrected chi connectivity index (χ2v) is 8.97. The van der Waals surface area contributed by atoms with Crippen LogP contribution >= 0.6 is 0 Å². The minimum Gasteiger partial charge on any atom is -0.480 e. The lowest BCUT2D eigenvalue weighted by atomic mass is 9.86. The van der Waals surface area contributed by atoms with Gasteiger partial charge in [-0.3, -0.25) is 4.79 Å². The van der Waals surface area contributed by atoms with Gasteiger partial charge in [0.05, 0.1) is 6.10 Å². The molecule has 8 heteroatoms. The Hall–Kier alpha value is -3.39. The van der Waals surface area contributed by atoms with Crippen molar-refractivity contribution in [2.75, 3.05) is 0 Å². The first-order valence-electron chi connectivity index (χ1n) is 10.7. The van der Waals surface area contributed by atoms with Crippen LogP contribution in [0.4, 0.5) is 4.79 Å². The third-order valence-corrected chi connectivity index (χ3v) is 5.13. The fraction of sp³-hybridized carbons (Fsp3) is 0.400. The van der Waals surface area contributed by atoms with Gasteiger partial charge < -0.3 is 25.6 Å². The van der Waals surface area contributed by atoms with Crippen LogP contribution in [0.2, 0.25) is 0 Å². The van der Waals surface area contributed by atoms with Gasteiger partial charge in [-0.2, -0.15) is 0 Å². The lowest BCUT2D eigenvalue weighted by Crippen LogP contribution is -2.56. The van der Waals surface area contributed by atoms with E-state index in [-0.39, 0.29) is 18.4 Å². The van der Waals surface area contributed by atoms with E-state index in [4.69, 9.17) is 4.74 Å². The summed E-state index contributed by atoms with van der Waals surface area (Å²) in [5.74, 6) is -2.04. The molecule has 0 fully saturated rings. The van der Waals surface area contributed by atoms with E-state index in [1.165, 1.54) is 6.92 Å². The first-order valence-corrected chi connectivity index (χ1v) is 10.7. The van der Waals surface area contributed by atoms with Crippen molar-refractivity contribution in [3.8, 4) is 0 Å². The average molecular weight is 457 g/mol. The van der Waals surface area contributed by atoms with Crippen LogP contribution in [-0.4, -0.2) is 46.4 Å². The highest BCUT2D eigenvalue weighted by molar-refractivity contribution is 5.89. The van der Waals surface area contributed by atoms with Crippen molar-refractivity contribution in [3.05, 3.63) is 71.3 Å². The van der Waals surface area contributed by atoms with E-state index in [0.717, 1.165) is 16.7 Å². The number of aliphatic carboxylic acids is 1. The molecule has 8 nitrogen and oxygen atoms in total. The summed E-state index contributed by atoms with van der Waals surface area (Å²) in [5.41, 5.74) is 2.56. The molecule has 0 heterocycles. The first kappa shape index (κ1) is 25.9. The fourth-order valence-electron chi connectivity index (χ4n) is 3.14. The largest absolute Gasteiger partial charge is 0.480 e. The third kappa shape index (κ3) is 8.23. The Kier molecular flexibility index (Phi) is 8.99. The molecule has 0 aliphatic carbocycles. The molecule has 2 rings (SSSR count). The average Bonchev–Trinajstić information content (AvgIpc) is 2.75. The van der Waals surface area contributed by atoms with Crippen molar-refractivity contribution in [3.63, 3.8) is 0 Å². The maximum Gasteiger partial charge on any atom is 0.408 e. The summed E-state index contributed by atoms with van der Waals surface area (Å²) in [6.07, 6.45) is -2.12. The van der Waals surface area contributed by atoms with Gasteiger partial charge in [0.25, 0.3) is 0 Å². The number of carboxylic acids is 1. The van der Waals surface area contributed by atoms with Gasteiger partial charge in [0, 0.05) is 6.42 Å². The van der Waals surface area contributed by atoms with E-state index >= 15 is 0 Å². The molecule has 2 aromatic carbocycles. The Morgan fingerprint density at radius 3 is 2.06 bits per heavy atom. The molecule has 0 saturated heterocycles. The SMILES string of the molecule is C[C@@H](O)[C@H](NC(=O)OCc1ccccc1)C(=O)N[C@H](Cc1ccc(C(C)(C)C)cc1)C(=O)O. The number of aliphatic hydroxyl groups is 1. The standard InChI is InChI=1S/C25H32N2O6/c1-16(28)21(27-24(32)33-15-18-8-6-5-7-9-18)22(29)26-20(23(30)31)14-17-10-12-19(13-11-17)25(2,3)4/h5-13,16,20-21,28H,14-15H2,1-4H3,(H,26,29)(H,27,32)(H,30,31)/t16-,20-,21+/m1/s1. The van der Waals surface area contributed by atoms with Crippen LogP contribution in [0.5, 0.6) is 0 Å². The molecule has 0 aliphatic rings. The Morgan fingerprint density at radius 2 is 1.55 bits per heavy atom. The van der Waals surface area contributed by atoms with Gasteiger partial charge in [-0.15, -0.1) is 0 Å². The van der Waals surface area contributed by atoms with Crippen LogP contribution in [0.15, 0.2) is 54.6 Å². The molecule has 0 aliphatic heterocycles. The quantitative estimate of drug-likeness (QED) is 0.460. The van der Waals surface area contributed by atoms with Crippen LogP contribution in [-0.2, 0) is 32.8 Å². The molecule has 4 N–H and O–H groups in total. The Labute approximate surface area is 194 Å². The minimum absolute atomic E-state index is 0.0108. The summed E-state index contributed by atoms with van der Waals surface area (Å²) in [4.78, 5) is 36.5. The molecule has 0 bridgehead atoms. The van der Waals surface area contributed by atoms with E-state index in [1.54, 1.807) is 24.3 Å². The number of carbonyl (C=O) groups excluding carboxylic acids is 2. The Balaban J connectivity index is 2.00. The molecule has 0 radical (unpaired) electrons. The van der Waals surface area contributed by atoms with Crippen molar-refractivity contribution in [2.24, 2.45) is 0 Å². The minimum atomic E-state index is -1.38. The number of carboxylic acid groups (broad SMARTS) is 1. The lowest BCUT2D eigenvalue weighted by Gasteiger charge is -2.23. The Bertz CT molecular complexity index is 936. The molecule has 0 unspecified atom stereocenters. The normalized spacial score (nSPS) is 14.0. The summed E-state index contributed by atoms with van der Waals surface area (Å²) >= 11 is 0.